The van der Waals surface area contributed by atoms with Crippen molar-refractivity contribution in [3.63, 3.8) is 0 Å². The third kappa shape index (κ3) is 18.1. The lowest BCUT2D eigenvalue weighted by molar-refractivity contribution is -0.0220. The molecule has 0 unspecified atom stereocenters. The molecular weight excluding hydrogens is 496 g/mol. The van der Waals surface area contributed by atoms with E-state index < -0.39 is 10.1 Å². The predicted molar refractivity (Wildman–Crippen MR) is 132 cm³/mol. The fraction of sp³-hybridized carbons (Fsp3) is 0.750. The first-order valence-electron chi connectivity index (χ1n) is 12.0. The average molecular weight is 539 g/mol. The maximum atomic E-state index is 11.6. The topological polar surface area (TPSA) is 117 Å². The van der Waals surface area contributed by atoms with Gasteiger partial charge in [0, 0.05) is 7.11 Å². The molecule has 0 atom stereocenters. The van der Waals surface area contributed by atoms with Crippen LogP contribution in [0.15, 0.2) is 29.2 Å². The molecule has 36 heavy (non-hydrogen) atoms. The van der Waals surface area contributed by atoms with Crippen molar-refractivity contribution >= 4 is 10.1 Å². The van der Waals surface area contributed by atoms with Crippen LogP contribution in [-0.2, 0) is 58.6 Å². The SMILES string of the molecule is COCCOCCOCCOCCOCCOCCOCCOCCc1ccc(S(=O)(=O)OC)cc1. The normalized spacial score (nSPS) is 11.8. The summed E-state index contributed by atoms with van der Waals surface area (Å²) >= 11 is 0. The Morgan fingerprint density at radius 2 is 0.833 bits per heavy atom. The first kappa shape index (κ1) is 32.8. The first-order valence-corrected chi connectivity index (χ1v) is 13.4. The summed E-state index contributed by atoms with van der Waals surface area (Å²) in [5, 5.41) is 0. The Morgan fingerprint density at radius 3 is 1.17 bits per heavy atom. The molecule has 1 aromatic carbocycles. The second kappa shape index (κ2) is 23.0. The van der Waals surface area contributed by atoms with Gasteiger partial charge in [0.2, 0.25) is 0 Å². The van der Waals surface area contributed by atoms with Gasteiger partial charge in [0.05, 0.1) is 111 Å². The molecule has 1 rings (SSSR count). The van der Waals surface area contributed by atoms with E-state index in [1.807, 2.05) is 0 Å². The highest BCUT2D eigenvalue weighted by atomic mass is 32.2. The fourth-order valence-corrected chi connectivity index (χ4v) is 3.33. The highest BCUT2D eigenvalue weighted by Crippen LogP contribution is 2.13. The summed E-state index contributed by atoms with van der Waals surface area (Å²) in [5.41, 5.74) is 0.984. The molecule has 0 radical (unpaired) electrons. The van der Waals surface area contributed by atoms with Crippen molar-refractivity contribution in [1.29, 1.82) is 0 Å². The van der Waals surface area contributed by atoms with Crippen LogP contribution in [0.5, 0.6) is 0 Å². The van der Waals surface area contributed by atoms with Crippen LogP contribution in [0.4, 0.5) is 0 Å². The summed E-state index contributed by atoms with van der Waals surface area (Å²) in [6.07, 6.45) is 0.681. The molecule has 210 valence electrons. The van der Waals surface area contributed by atoms with Crippen LogP contribution < -0.4 is 0 Å². The minimum Gasteiger partial charge on any atom is -0.382 e. The Kier molecular flexibility index (Phi) is 20.9. The number of benzene rings is 1. The molecule has 0 spiro atoms. The van der Waals surface area contributed by atoms with Crippen molar-refractivity contribution in [3.05, 3.63) is 29.8 Å². The maximum Gasteiger partial charge on any atom is 0.296 e. The van der Waals surface area contributed by atoms with Gasteiger partial charge in [0.1, 0.15) is 0 Å². The molecule has 0 aromatic heterocycles. The highest BCUT2D eigenvalue weighted by Gasteiger charge is 2.11. The van der Waals surface area contributed by atoms with Gasteiger partial charge in [-0.05, 0) is 24.1 Å². The summed E-state index contributed by atoms with van der Waals surface area (Å²) in [6.45, 7) is 7.78. The molecule has 0 N–H and O–H groups in total. The third-order valence-corrected chi connectivity index (χ3v) is 5.92. The van der Waals surface area contributed by atoms with Crippen molar-refractivity contribution in [2.45, 2.75) is 11.3 Å². The number of ether oxygens (including phenoxy) is 8. The largest absolute Gasteiger partial charge is 0.382 e. The second-order valence-electron chi connectivity index (χ2n) is 7.29. The molecule has 0 aliphatic rings. The van der Waals surface area contributed by atoms with Gasteiger partial charge in [0.15, 0.2) is 0 Å². The lowest BCUT2D eigenvalue weighted by atomic mass is 10.2. The smallest absolute Gasteiger partial charge is 0.296 e. The predicted octanol–water partition coefficient (Wildman–Crippen LogP) is 1.33. The molecule has 12 heteroatoms. The van der Waals surface area contributed by atoms with E-state index in [-0.39, 0.29) is 4.90 Å². The molecule has 11 nitrogen and oxygen atoms in total. The number of hydrogen-bond acceptors (Lipinski definition) is 11. The van der Waals surface area contributed by atoms with E-state index in [0.717, 1.165) is 12.7 Å². The Hall–Kier alpha value is -1.19. The van der Waals surface area contributed by atoms with Gasteiger partial charge in [0.25, 0.3) is 10.1 Å². The van der Waals surface area contributed by atoms with Gasteiger partial charge in [-0.2, -0.15) is 8.42 Å². The molecule has 0 heterocycles. The Balaban J connectivity index is 1.77. The number of hydrogen-bond donors (Lipinski definition) is 0. The van der Waals surface area contributed by atoms with Gasteiger partial charge in [-0.3, -0.25) is 4.18 Å². The van der Waals surface area contributed by atoms with Crippen LogP contribution in [0.1, 0.15) is 5.56 Å². The minimum atomic E-state index is -3.65. The van der Waals surface area contributed by atoms with Crippen molar-refractivity contribution in [2.75, 3.05) is 113 Å². The highest BCUT2D eigenvalue weighted by molar-refractivity contribution is 7.86. The van der Waals surface area contributed by atoms with Crippen molar-refractivity contribution < 1.29 is 50.5 Å². The lowest BCUT2D eigenvalue weighted by Crippen LogP contribution is -2.15. The Labute approximate surface area is 215 Å². The zero-order chi connectivity index (χ0) is 26.2. The van der Waals surface area contributed by atoms with Crippen molar-refractivity contribution in [1.82, 2.24) is 0 Å². The van der Waals surface area contributed by atoms with E-state index in [1.54, 1.807) is 19.2 Å². The zero-order valence-electron chi connectivity index (χ0n) is 21.5. The minimum absolute atomic E-state index is 0.138. The van der Waals surface area contributed by atoms with Crippen LogP contribution in [-0.4, -0.2) is 122 Å². The van der Waals surface area contributed by atoms with Crippen LogP contribution in [0.2, 0.25) is 0 Å². The van der Waals surface area contributed by atoms with Gasteiger partial charge >= 0.3 is 0 Å². The van der Waals surface area contributed by atoms with Crippen LogP contribution in [0.3, 0.4) is 0 Å². The molecule has 1 aromatic rings. The standard InChI is InChI=1S/C24H42O11S/c1-27-9-10-30-13-14-32-17-18-34-21-22-35-20-19-33-16-15-31-12-11-29-8-7-23-3-5-24(6-4-23)36(25,26)28-2/h3-6H,7-22H2,1-2H3. The Bertz CT molecular complexity index is 713. The van der Waals surface area contributed by atoms with E-state index in [9.17, 15) is 8.42 Å². The van der Waals surface area contributed by atoms with Gasteiger partial charge in [-0.15, -0.1) is 0 Å². The summed E-state index contributed by atoms with van der Waals surface area (Å²) in [6, 6.07) is 6.55. The quantitative estimate of drug-likeness (QED) is 0.126. The summed E-state index contributed by atoms with van der Waals surface area (Å²) < 4.78 is 70.5. The van der Waals surface area contributed by atoms with Crippen molar-refractivity contribution in [3.8, 4) is 0 Å². The summed E-state index contributed by atoms with van der Waals surface area (Å²) in [5.74, 6) is 0. The molecular formula is C24H42O11S. The van der Waals surface area contributed by atoms with Crippen LogP contribution in [0.25, 0.3) is 0 Å². The third-order valence-electron chi connectivity index (χ3n) is 4.63. The van der Waals surface area contributed by atoms with E-state index >= 15 is 0 Å². The maximum absolute atomic E-state index is 11.6. The fourth-order valence-electron chi connectivity index (χ4n) is 2.67. The first-order chi connectivity index (χ1) is 17.6. The van der Waals surface area contributed by atoms with Gasteiger partial charge < -0.3 is 37.9 Å². The van der Waals surface area contributed by atoms with E-state index in [2.05, 4.69) is 4.18 Å². The van der Waals surface area contributed by atoms with Gasteiger partial charge in [-0.25, -0.2) is 0 Å². The zero-order valence-corrected chi connectivity index (χ0v) is 22.3. The monoisotopic (exact) mass is 538 g/mol. The van der Waals surface area contributed by atoms with E-state index in [4.69, 9.17) is 37.9 Å². The lowest BCUT2D eigenvalue weighted by Gasteiger charge is -2.08. The molecule has 0 fully saturated rings. The van der Waals surface area contributed by atoms with E-state index in [1.165, 1.54) is 12.1 Å². The molecule has 0 aliphatic heterocycles. The Morgan fingerprint density at radius 1 is 0.500 bits per heavy atom. The van der Waals surface area contributed by atoms with Gasteiger partial charge in [-0.1, -0.05) is 12.1 Å². The van der Waals surface area contributed by atoms with Crippen LogP contribution >= 0.6 is 0 Å². The molecule has 0 bridgehead atoms. The summed E-state index contributed by atoms with van der Waals surface area (Å²) in [4.78, 5) is 0.138. The average Bonchev–Trinajstić information content (AvgIpc) is 2.89. The molecule has 0 amide bonds. The molecule has 0 saturated carbocycles. The molecule has 0 aliphatic carbocycles. The number of methoxy groups -OCH3 is 1. The molecule has 0 saturated heterocycles. The second-order valence-corrected chi connectivity index (χ2v) is 9.01. The van der Waals surface area contributed by atoms with E-state index in [0.29, 0.717) is 106 Å². The summed E-state index contributed by atoms with van der Waals surface area (Å²) in [7, 11) is -0.870. The number of rotatable bonds is 26. The van der Waals surface area contributed by atoms with Crippen LogP contribution in [0, 0.1) is 0 Å². The van der Waals surface area contributed by atoms with Crippen molar-refractivity contribution in [2.24, 2.45) is 0 Å².